The second-order valence-corrected chi connectivity index (χ2v) is 4.63. The Hall–Kier alpha value is -1.59. The first-order chi connectivity index (χ1) is 7.37. The van der Waals surface area contributed by atoms with Crippen LogP contribution < -0.4 is 11.1 Å². The first-order valence-corrected chi connectivity index (χ1v) is 5.24. The number of hydrogen-bond acceptors (Lipinski definition) is 4. The van der Waals surface area contributed by atoms with Gasteiger partial charge >= 0.3 is 0 Å². The van der Waals surface area contributed by atoms with Crippen LogP contribution in [0.25, 0.3) is 0 Å². The molecule has 0 aliphatic carbocycles. The van der Waals surface area contributed by atoms with E-state index in [4.69, 9.17) is 10.3 Å². The van der Waals surface area contributed by atoms with Gasteiger partial charge in [0.2, 0.25) is 5.89 Å². The monoisotopic (exact) mass is 225 g/mol. The maximum absolute atomic E-state index is 5.70. The van der Waals surface area contributed by atoms with Gasteiger partial charge < -0.3 is 15.6 Å². The molecule has 0 aliphatic rings. The van der Waals surface area contributed by atoms with Crippen molar-refractivity contribution in [3.05, 3.63) is 11.7 Å². The lowest BCUT2D eigenvalue weighted by atomic mass is 10.1. The zero-order valence-corrected chi connectivity index (χ0v) is 10.2. The third kappa shape index (κ3) is 4.77. The number of nitrogens with one attached hydrogen (secondary N) is 1. The molecule has 6 heteroatoms. The second kappa shape index (κ2) is 4.96. The van der Waals surface area contributed by atoms with E-state index in [9.17, 15) is 0 Å². The van der Waals surface area contributed by atoms with Gasteiger partial charge in [0, 0.05) is 12.0 Å². The number of nitrogens with two attached hydrogens (primary N) is 1. The highest BCUT2D eigenvalue weighted by atomic mass is 16.5. The van der Waals surface area contributed by atoms with Crippen molar-refractivity contribution in [3.63, 3.8) is 0 Å². The number of aromatic nitrogens is 2. The van der Waals surface area contributed by atoms with Crippen molar-refractivity contribution in [3.8, 4) is 0 Å². The SMILES string of the molecule is Cc1noc(CCN=C(N)NC(C)(C)C)n1. The summed E-state index contributed by atoms with van der Waals surface area (Å²) in [5.41, 5.74) is 5.63. The lowest BCUT2D eigenvalue weighted by Crippen LogP contribution is -2.45. The Morgan fingerprint density at radius 3 is 2.69 bits per heavy atom. The molecule has 1 heterocycles. The van der Waals surface area contributed by atoms with Gasteiger partial charge in [-0.2, -0.15) is 4.98 Å². The number of aryl methyl sites for hydroxylation is 1. The van der Waals surface area contributed by atoms with Gasteiger partial charge in [-0.05, 0) is 27.7 Å². The van der Waals surface area contributed by atoms with Crippen LogP contribution in [0.4, 0.5) is 0 Å². The van der Waals surface area contributed by atoms with Crippen molar-refractivity contribution in [1.29, 1.82) is 0 Å². The average molecular weight is 225 g/mol. The molecule has 0 aromatic carbocycles. The lowest BCUT2D eigenvalue weighted by molar-refractivity contribution is 0.376. The van der Waals surface area contributed by atoms with E-state index in [-0.39, 0.29) is 5.54 Å². The summed E-state index contributed by atoms with van der Waals surface area (Å²) in [6.45, 7) is 8.40. The molecule has 0 aliphatic heterocycles. The highest BCUT2D eigenvalue weighted by Gasteiger charge is 2.09. The van der Waals surface area contributed by atoms with Crippen LogP contribution >= 0.6 is 0 Å². The molecule has 0 saturated heterocycles. The Kier molecular flexibility index (Phi) is 3.87. The molecule has 16 heavy (non-hydrogen) atoms. The van der Waals surface area contributed by atoms with Crippen LogP contribution in [0.15, 0.2) is 9.52 Å². The predicted octanol–water partition coefficient (Wildman–Crippen LogP) is 0.623. The fourth-order valence-electron chi connectivity index (χ4n) is 1.14. The number of aliphatic imine (C=N–C) groups is 1. The van der Waals surface area contributed by atoms with E-state index in [0.717, 1.165) is 0 Å². The van der Waals surface area contributed by atoms with Crippen LogP contribution in [-0.4, -0.2) is 28.2 Å². The third-order valence-electron chi connectivity index (χ3n) is 1.68. The van der Waals surface area contributed by atoms with Crippen molar-refractivity contribution in [2.24, 2.45) is 10.7 Å². The first kappa shape index (κ1) is 12.5. The van der Waals surface area contributed by atoms with Crippen molar-refractivity contribution < 1.29 is 4.52 Å². The minimum absolute atomic E-state index is 0.0747. The van der Waals surface area contributed by atoms with Gasteiger partial charge in [0.05, 0.1) is 6.54 Å². The molecule has 1 aromatic heterocycles. The summed E-state index contributed by atoms with van der Waals surface area (Å²) in [5.74, 6) is 1.66. The molecule has 0 saturated carbocycles. The molecule has 0 unspecified atom stereocenters. The Labute approximate surface area is 95.3 Å². The maximum atomic E-state index is 5.70. The molecule has 3 N–H and O–H groups in total. The maximum Gasteiger partial charge on any atom is 0.228 e. The van der Waals surface area contributed by atoms with Gasteiger partial charge in [0.25, 0.3) is 0 Å². The molecule has 6 nitrogen and oxygen atoms in total. The molecule has 0 bridgehead atoms. The fraction of sp³-hybridized carbons (Fsp3) is 0.700. The largest absolute Gasteiger partial charge is 0.370 e. The van der Waals surface area contributed by atoms with Gasteiger partial charge in [-0.15, -0.1) is 0 Å². The Morgan fingerprint density at radius 2 is 2.19 bits per heavy atom. The molecule has 0 radical (unpaired) electrons. The second-order valence-electron chi connectivity index (χ2n) is 4.63. The molecule has 1 aromatic rings. The smallest absolute Gasteiger partial charge is 0.228 e. The molecule has 0 spiro atoms. The topological polar surface area (TPSA) is 89.3 Å². The van der Waals surface area contributed by atoms with Crippen molar-refractivity contribution >= 4 is 5.96 Å². The fourth-order valence-corrected chi connectivity index (χ4v) is 1.14. The Bertz CT molecular complexity index is 364. The van der Waals surface area contributed by atoms with Gasteiger partial charge in [-0.25, -0.2) is 0 Å². The predicted molar refractivity (Wildman–Crippen MR) is 62.1 cm³/mol. The summed E-state index contributed by atoms with van der Waals surface area (Å²) in [6, 6.07) is 0. The zero-order valence-electron chi connectivity index (χ0n) is 10.2. The molecule has 0 atom stereocenters. The van der Waals surface area contributed by atoms with Gasteiger partial charge in [-0.3, -0.25) is 4.99 Å². The van der Waals surface area contributed by atoms with E-state index in [1.807, 2.05) is 20.8 Å². The van der Waals surface area contributed by atoms with Crippen molar-refractivity contribution in [2.45, 2.75) is 39.7 Å². The standard InChI is InChI=1S/C10H19N5O/c1-7-13-8(16-15-7)5-6-12-9(11)14-10(2,3)4/h5-6H2,1-4H3,(H3,11,12,14). The van der Waals surface area contributed by atoms with Crippen LogP contribution in [0, 0.1) is 6.92 Å². The molecule has 0 amide bonds. The van der Waals surface area contributed by atoms with Crippen LogP contribution in [-0.2, 0) is 6.42 Å². The highest BCUT2D eigenvalue weighted by molar-refractivity contribution is 5.78. The molecular formula is C10H19N5O. The highest BCUT2D eigenvalue weighted by Crippen LogP contribution is 1.98. The molecular weight excluding hydrogens is 206 g/mol. The van der Waals surface area contributed by atoms with E-state index in [0.29, 0.717) is 30.6 Å². The lowest BCUT2D eigenvalue weighted by Gasteiger charge is -2.20. The van der Waals surface area contributed by atoms with Crippen molar-refractivity contribution in [1.82, 2.24) is 15.5 Å². The average Bonchev–Trinajstić information content (AvgIpc) is 2.48. The molecule has 90 valence electrons. The molecule has 0 fully saturated rings. The van der Waals surface area contributed by atoms with Crippen molar-refractivity contribution in [2.75, 3.05) is 6.54 Å². The van der Waals surface area contributed by atoms with Crippen LogP contribution in [0.3, 0.4) is 0 Å². The summed E-state index contributed by atoms with van der Waals surface area (Å²) in [4.78, 5) is 8.24. The summed E-state index contributed by atoms with van der Waals surface area (Å²) in [7, 11) is 0. The van der Waals surface area contributed by atoms with E-state index < -0.39 is 0 Å². The summed E-state index contributed by atoms with van der Waals surface area (Å²) in [5, 5.41) is 6.76. The van der Waals surface area contributed by atoms with E-state index >= 15 is 0 Å². The van der Waals surface area contributed by atoms with Crippen LogP contribution in [0.2, 0.25) is 0 Å². The van der Waals surface area contributed by atoms with Gasteiger partial charge in [0.1, 0.15) is 0 Å². The van der Waals surface area contributed by atoms with Gasteiger partial charge in [-0.1, -0.05) is 5.16 Å². The third-order valence-corrected chi connectivity index (χ3v) is 1.68. The van der Waals surface area contributed by atoms with Crippen LogP contribution in [0.5, 0.6) is 0 Å². The number of guanidine groups is 1. The number of nitrogens with zero attached hydrogens (tertiary/aromatic N) is 3. The summed E-state index contributed by atoms with van der Waals surface area (Å²) < 4.78 is 4.96. The van der Waals surface area contributed by atoms with E-state index in [2.05, 4.69) is 20.4 Å². The number of rotatable bonds is 3. The molecule has 1 rings (SSSR count). The zero-order chi connectivity index (χ0) is 12.2. The normalized spacial score (nSPS) is 12.9. The minimum atomic E-state index is -0.0747. The van der Waals surface area contributed by atoms with E-state index in [1.165, 1.54) is 0 Å². The number of hydrogen-bond donors (Lipinski definition) is 2. The quantitative estimate of drug-likeness (QED) is 0.581. The van der Waals surface area contributed by atoms with Crippen LogP contribution in [0.1, 0.15) is 32.5 Å². The Balaban J connectivity index is 2.36. The minimum Gasteiger partial charge on any atom is -0.370 e. The summed E-state index contributed by atoms with van der Waals surface area (Å²) in [6.07, 6.45) is 0.605. The van der Waals surface area contributed by atoms with E-state index in [1.54, 1.807) is 6.92 Å². The summed E-state index contributed by atoms with van der Waals surface area (Å²) >= 11 is 0. The Morgan fingerprint density at radius 1 is 1.50 bits per heavy atom. The van der Waals surface area contributed by atoms with Gasteiger partial charge in [0.15, 0.2) is 11.8 Å². The first-order valence-electron chi connectivity index (χ1n) is 5.24.